The summed E-state index contributed by atoms with van der Waals surface area (Å²) in [5.74, 6) is 2.48. The summed E-state index contributed by atoms with van der Waals surface area (Å²) >= 11 is 0. The molecular formula is C19H27IN4O2. The Morgan fingerprint density at radius 3 is 2.54 bits per heavy atom. The first-order valence-corrected chi connectivity index (χ1v) is 8.39. The second-order valence-electron chi connectivity index (χ2n) is 5.44. The topological polar surface area (TPSA) is 59.0 Å². The highest BCUT2D eigenvalue weighted by Gasteiger charge is 2.06. The number of rotatable bonds is 8. The Morgan fingerprint density at radius 1 is 1.15 bits per heavy atom. The van der Waals surface area contributed by atoms with Crippen LogP contribution < -0.4 is 14.8 Å². The van der Waals surface area contributed by atoms with Crippen molar-refractivity contribution in [2.24, 2.45) is 4.99 Å². The molecule has 0 aliphatic heterocycles. The summed E-state index contributed by atoms with van der Waals surface area (Å²) in [7, 11) is 3.78. The highest BCUT2D eigenvalue weighted by Crippen LogP contribution is 2.13. The molecule has 0 atom stereocenters. The van der Waals surface area contributed by atoms with Gasteiger partial charge >= 0.3 is 0 Å². The number of pyridine rings is 1. The van der Waals surface area contributed by atoms with E-state index < -0.39 is 0 Å². The molecule has 0 aliphatic carbocycles. The fourth-order valence-corrected chi connectivity index (χ4v) is 2.36. The predicted molar refractivity (Wildman–Crippen MR) is 116 cm³/mol. The van der Waals surface area contributed by atoms with Crippen molar-refractivity contribution in [1.29, 1.82) is 0 Å². The Balaban J connectivity index is 0.00000338. The molecule has 0 aliphatic rings. The van der Waals surface area contributed by atoms with Gasteiger partial charge in [-0.1, -0.05) is 12.1 Å². The Hall–Kier alpha value is -2.03. The third-order valence-corrected chi connectivity index (χ3v) is 3.52. The van der Waals surface area contributed by atoms with Crippen molar-refractivity contribution < 1.29 is 9.47 Å². The van der Waals surface area contributed by atoms with E-state index in [0.29, 0.717) is 19.8 Å². The first-order valence-electron chi connectivity index (χ1n) is 8.39. The van der Waals surface area contributed by atoms with Gasteiger partial charge in [0.2, 0.25) is 0 Å². The molecule has 0 saturated heterocycles. The zero-order chi connectivity index (χ0) is 17.9. The lowest BCUT2D eigenvalue weighted by molar-refractivity contribution is 0.318. The zero-order valence-electron chi connectivity index (χ0n) is 15.5. The zero-order valence-corrected chi connectivity index (χ0v) is 17.8. The summed E-state index contributed by atoms with van der Waals surface area (Å²) in [6.07, 6.45) is 3.43. The van der Waals surface area contributed by atoms with Gasteiger partial charge in [0.1, 0.15) is 18.1 Å². The van der Waals surface area contributed by atoms with E-state index in [4.69, 9.17) is 9.47 Å². The van der Waals surface area contributed by atoms with Gasteiger partial charge in [0.15, 0.2) is 5.96 Å². The third kappa shape index (κ3) is 7.47. The molecule has 0 amide bonds. The fraction of sp³-hybridized carbons (Fsp3) is 0.368. The molecular weight excluding hydrogens is 443 g/mol. The van der Waals surface area contributed by atoms with Crippen LogP contribution in [0.3, 0.4) is 0 Å². The maximum Gasteiger partial charge on any atom is 0.193 e. The Kier molecular flexibility index (Phi) is 10.5. The minimum atomic E-state index is 0. The second kappa shape index (κ2) is 12.3. The molecule has 0 saturated carbocycles. The van der Waals surface area contributed by atoms with Crippen LogP contribution in [-0.4, -0.2) is 49.7 Å². The quantitative estimate of drug-likeness (QED) is 0.278. The van der Waals surface area contributed by atoms with Crippen LogP contribution in [0.4, 0.5) is 0 Å². The Bertz CT molecular complexity index is 650. The largest absolute Gasteiger partial charge is 0.494 e. The minimum absolute atomic E-state index is 0. The predicted octanol–water partition coefficient (Wildman–Crippen LogP) is 3.18. The first kappa shape index (κ1) is 22.0. The lowest BCUT2D eigenvalue weighted by atomic mass is 10.2. The van der Waals surface area contributed by atoms with E-state index >= 15 is 0 Å². The number of hydrogen-bond donors (Lipinski definition) is 1. The summed E-state index contributed by atoms with van der Waals surface area (Å²) < 4.78 is 11.1. The fourth-order valence-electron chi connectivity index (χ4n) is 2.36. The van der Waals surface area contributed by atoms with Crippen LogP contribution in [0.25, 0.3) is 0 Å². The van der Waals surface area contributed by atoms with Gasteiger partial charge in [-0.15, -0.1) is 24.0 Å². The van der Waals surface area contributed by atoms with Crippen molar-refractivity contribution in [3.8, 4) is 11.5 Å². The van der Waals surface area contributed by atoms with Crippen molar-refractivity contribution in [3.05, 3.63) is 54.4 Å². The lowest BCUT2D eigenvalue weighted by Gasteiger charge is -2.22. The van der Waals surface area contributed by atoms with Crippen LogP contribution in [-0.2, 0) is 6.54 Å². The van der Waals surface area contributed by atoms with E-state index in [1.807, 2.05) is 38.2 Å². The number of halogens is 1. The van der Waals surface area contributed by atoms with Crippen molar-refractivity contribution in [1.82, 2.24) is 15.2 Å². The van der Waals surface area contributed by atoms with Crippen molar-refractivity contribution in [2.45, 2.75) is 13.5 Å². The standard InChI is InChI=1S/C19H26N4O2.HI/c1-4-24-17-9-7-16(8-10-17)15-23(3)19(20-2)22-12-13-25-18-6-5-11-21-14-18;/h5-11,14H,4,12-13,15H2,1-3H3,(H,20,22);1H. The Morgan fingerprint density at radius 2 is 1.92 bits per heavy atom. The summed E-state index contributed by atoms with van der Waals surface area (Å²) in [5.41, 5.74) is 1.19. The van der Waals surface area contributed by atoms with E-state index in [-0.39, 0.29) is 24.0 Å². The molecule has 0 unspecified atom stereocenters. The molecule has 7 heteroatoms. The minimum Gasteiger partial charge on any atom is -0.494 e. The average molecular weight is 470 g/mol. The molecule has 1 heterocycles. The average Bonchev–Trinajstić information content (AvgIpc) is 2.64. The lowest BCUT2D eigenvalue weighted by Crippen LogP contribution is -2.40. The molecule has 0 spiro atoms. The van der Waals surface area contributed by atoms with E-state index in [1.54, 1.807) is 19.4 Å². The van der Waals surface area contributed by atoms with Crippen molar-refractivity contribution in [2.75, 3.05) is 33.9 Å². The number of guanidine groups is 1. The van der Waals surface area contributed by atoms with Gasteiger partial charge in [0, 0.05) is 26.8 Å². The number of nitrogens with zero attached hydrogens (tertiary/aromatic N) is 3. The smallest absolute Gasteiger partial charge is 0.193 e. The molecule has 2 rings (SSSR count). The molecule has 6 nitrogen and oxygen atoms in total. The normalized spacial score (nSPS) is 10.7. The summed E-state index contributed by atoms with van der Waals surface area (Å²) in [6.45, 7) is 4.62. The Labute approximate surface area is 172 Å². The van der Waals surface area contributed by atoms with E-state index in [1.165, 1.54) is 5.56 Å². The van der Waals surface area contributed by atoms with Crippen LogP contribution in [0, 0.1) is 0 Å². The third-order valence-electron chi connectivity index (χ3n) is 3.52. The van der Waals surface area contributed by atoms with Crippen LogP contribution in [0.15, 0.2) is 53.8 Å². The van der Waals surface area contributed by atoms with Crippen LogP contribution >= 0.6 is 24.0 Å². The van der Waals surface area contributed by atoms with Crippen molar-refractivity contribution >= 4 is 29.9 Å². The maximum atomic E-state index is 5.62. The molecule has 1 aromatic carbocycles. The number of ether oxygens (including phenoxy) is 2. The molecule has 2 aromatic rings. The molecule has 1 aromatic heterocycles. The number of hydrogen-bond acceptors (Lipinski definition) is 4. The summed E-state index contributed by atoms with van der Waals surface area (Å²) in [5, 5.41) is 3.30. The van der Waals surface area contributed by atoms with Gasteiger partial charge in [0.25, 0.3) is 0 Å². The number of aromatic nitrogens is 1. The monoisotopic (exact) mass is 470 g/mol. The van der Waals surface area contributed by atoms with Gasteiger partial charge in [-0.3, -0.25) is 9.98 Å². The summed E-state index contributed by atoms with van der Waals surface area (Å²) in [4.78, 5) is 10.4. The summed E-state index contributed by atoms with van der Waals surface area (Å²) in [6, 6.07) is 11.9. The van der Waals surface area contributed by atoms with Crippen LogP contribution in [0.1, 0.15) is 12.5 Å². The molecule has 26 heavy (non-hydrogen) atoms. The van der Waals surface area contributed by atoms with Gasteiger partial charge < -0.3 is 19.7 Å². The second-order valence-corrected chi connectivity index (χ2v) is 5.44. The SMILES string of the molecule is CCOc1ccc(CN(C)C(=NC)NCCOc2cccnc2)cc1.I. The highest BCUT2D eigenvalue weighted by atomic mass is 127. The van der Waals surface area contributed by atoms with Crippen molar-refractivity contribution in [3.63, 3.8) is 0 Å². The van der Waals surface area contributed by atoms with Crippen LogP contribution in [0.2, 0.25) is 0 Å². The molecule has 1 N–H and O–H groups in total. The molecule has 0 fully saturated rings. The van der Waals surface area contributed by atoms with Gasteiger partial charge in [-0.25, -0.2) is 0 Å². The van der Waals surface area contributed by atoms with E-state index in [2.05, 4.69) is 32.3 Å². The van der Waals surface area contributed by atoms with Crippen LogP contribution in [0.5, 0.6) is 11.5 Å². The van der Waals surface area contributed by atoms with E-state index in [0.717, 1.165) is 24.0 Å². The van der Waals surface area contributed by atoms with E-state index in [9.17, 15) is 0 Å². The van der Waals surface area contributed by atoms with Gasteiger partial charge in [-0.2, -0.15) is 0 Å². The molecule has 0 radical (unpaired) electrons. The highest BCUT2D eigenvalue weighted by molar-refractivity contribution is 14.0. The number of benzene rings is 1. The van der Waals surface area contributed by atoms with Gasteiger partial charge in [-0.05, 0) is 36.8 Å². The molecule has 142 valence electrons. The first-order chi connectivity index (χ1) is 12.2. The number of aliphatic imine (C=N–C) groups is 1. The van der Waals surface area contributed by atoms with Gasteiger partial charge in [0.05, 0.1) is 19.3 Å². The number of nitrogens with one attached hydrogen (secondary N) is 1. The molecule has 0 bridgehead atoms. The maximum absolute atomic E-state index is 5.62.